The monoisotopic (exact) mass is 522 g/mol. The van der Waals surface area contributed by atoms with Crippen LogP contribution in [-0.2, 0) is 24.4 Å². The topological polar surface area (TPSA) is 105 Å². The Morgan fingerprint density at radius 2 is 1.86 bits per heavy atom. The molecule has 4 rings (SSSR count). The number of halogens is 1. The van der Waals surface area contributed by atoms with Crippen LogP contribution in [-0.4, -0.2) is 57.1 Å². The van der Waals surface area contributed by atoms with Gasteiger partial charge in [0.05, 0.1) is 29.1 Å². The fourth-order valence-electron chi connectivity index (χ4n) is 4.70. The quantitative estimate of drug-likeness (QED) is 0.555. The molecule has 1 aliphatic heterocycles. The van der Waals surface area contributed by atoms with Crippen LogP contribution in [0.3, 0.4) is 0 Å². The molecule has 1 atom stereocenters. The van der Waals surface area contributed by atoms with Gasteiger partial charge in [0.2, 0.25) is 15.9 Å². The van der Waals surface area contributed by atoms with Crippen molar-refractivity contribution in [2.24, 2.45) is 5.92 Å². The highest BCUT2D eigenvalue weighted by Crippen LogP contribution is 2.32. The maximum absolute atomic E-state index is 13.4. The molecule has 0 aromatic heterocycles. The van der Waals surface area contributed by atoms with Gasteiger partial charge in [-0.05, 0) is 43.4 Å². The fourth-order valence-corrected chi connectivity index (χ4v) is 6.21. The molecule has 0 bridgehead atoms. The molecular formula is C24H29ClN3O6S+. The second-order valence-electron chi connectivity index (χ2n) is 8.76. The Bertz CT molecular complexity index is 1170. The Morgan fingerprint density at radius 3 is 2.54 bits per heavy atom. The van der Waals surface area contributed by atoms with Crippen LogP contribution in [0.15, 0.2) is 53.4 Å². The van der Waals surface area contributed by atoms with Crippen LogP contribution in [0.4, 0.5) is 5.69 Å². The normalized spacial score (nSPS) is 23.0. The van der Waals surface area contributed by atoms with E-state index in [4.69, 9.17) is 16.3 Å². The van der Waals surface area contributed by atoms with Gasteiger partial charge in [-0.1, -0.05) is 41.9 Å². The molecule has 0 spiro atoms. The van der Waals surface area contributed by atoms with Crippen LogP contribution in [0.1, 0.15) is 37.3 Å². The predicted octanol–water partition coefficient (Wildman–Crippen LogP) is 3.75. The van der Waals surface area contributed by atoms with Crippen molar-refractivity contribution < 1.29 is 27.7 Å². The lowest BCUT2D eigenvalue weighted by Gasteiger charge is -2.39. The molecule has 2 aromatic rings. The summed E-state index contributed by atoms with van der Waals surface area (Å²) < 4.78 is 34.2. The lowest BCUT2D eigenvalue weighted by molar-refractivity contribution is -0.736. The summed E-state index contributed by atoms with van der Waals surface area (Å²) in [5, 5.41) is 0.0803. The number of nitrogens with one attached hydrogen (secondary N) is 1. The molecule has 1 saturated heterocycles. The highest BCUT2D eigenvalue weighted by atomic mass is 35.5. The second-order valence-corrected chi connectivity index (χ2v) is 10.9. The average Bonchev–Trinajstić information content (AvgIpc) is 2.88. The third-order valence-corrected chi connectivity index (χ3v) is 8.42. The summed E-state index contributed by atoms with van der Waals surface area (Å²) in [7, 11) is -2.72. The highest BCUT2D eigenvalue weighted by Gasteiger charge is 2.36. The van der Waals surface area contributed by atoms with Gasteiger partial charge in [0.15, 0.2) is 7.11 Å². The van der Waals surface area contributed by atoms with Crippen molar-refractivity contribution in [3.05, 3.63) is 64.0 Å². The van der Waals surface area contributed by atoms with E-state index in [1.165, 1.54) is 25.3 Å². The van der Waals surface area contributed by atoms with E-state index in [9.17, 15) is 18.1 Å². The summed E-state index contributed by atoms with van der Waals surface area (Å²) in [6, 6.07) is 13.3. The van der Waals surface area contributed by atoms with Gasteiger partial charge < -0.3 is 9.64 Å². The lowest BCUT2D eigenvalue weighted by atomic mass is 9.85. The Labute approximate surface area is 209 Å². The van der Waals surface area contributed by atoms with E-state index in [1.807, 2.05) is 35.2 Å². The van der Waals surface area contributed by atoms with Gasteiger partial charge in [-0.15, -0.1) is 0 Å². The van der Waals surface area contributed by atoms with Gasteiger partial charge in [-0.25, -0.2) is 18.0 Å². The molecule has 2 fully saturated rings. The van der Waals surface area contributed by atoms with Crippen molar-refractivity contribution in [1.82, 2.24) is 9.62 Å². The molecule has 1 heterocycles. The SMILES string of the molecule is CO[N+](=O)c1cc(S(=O)(=O)NC2CCC(C(=O)N3CCOCC3c3ccccc3)CC2)ccc1Cl. The lowest BCUT2D eigenvalue weighted by Crippen LogP contribution is -2.47. The first kappa shape index (κ1) is 25.6. The average molecular weight is 523 g/mol. The number of ether oxygens (including phenoxy) is 1. The minimum Gasteiger partial charge on any atom is -0.377 e. The van der Waals surface area contributed by atoms with Gasteiger partial charge in [-0.2, -0.15) is 0 Å². The van der Waals surface area contributed by atoms with Crippen molar-refractivity contribution in [2.45, 2.75) is 42.7 Å². The van der Waals surface area contributed by atoms with Gasteiger partial charge in [-0.3, -0.25) is 4.79 Å². The van der Waals surface area contributed by atoms with Gasteiger partial charge in [0.25, 0.3) is 4.92 Å². The standard InChI is InChI=1S/C24H29ClN3O6S/c1-33-28(30)22-15-20(11-12-21(22)25)35(31,32)26-19-9-7-18(8-10-19)24(29)27-13-14-34-16-23(27)17-5-3-2-4-6-17/h2-6,11-12,15,18-19,23,26H,7-10,13-14,16H2,1H3/q+1. The van der Waals surface area contributed by atoms with Crippen molar-refractivity contribution in [3.8, 4) is 0 Å². The Morgan fingerprint density at radius 1 is 1.14 bits per heavy atom. The Balaban J connectivity index is 1.39. The first-order chi connectivity index (χ1) is 16.8. The molecule has 1 amide bonds. The molecule has 1 N–H and O–H groups in total. The summed E-state index contributed by atoms with van der Waals surface area (Å²) in [6.07, 6.45) is 2.27. The van der Waals surface area contributed by atoms with Crippen LogP contribution in [0, 0.1) is 10.8 Å². The van der Waals surface area contributed by atoms with Crippen molar-refractivity contribution in [2.75, 3.05) is 26.9 Å². The zero-order valence-electron chi connectivity index (χ0n) is 19.4. The summed E-state index contributed by atoms with van der Waals surface area (Å²) >= 11 is 5.99. The van der Waals surface area contributed by atoms with Crippen LogP contribution in [0.25, 0.3) is 0 Å². The van der Waals surface area contributed by atoms with E-state index in [0.29, 0.717) is 45.4 Å². The summed E-state index contributed by atoms with van der Waals surface area (Å²) in [5.41, 5.74) is 0.958. The molecule has 2 aromatic carbocycles. The number of nitrogens with zero attached hydrogens (tertiary/aromatic N) is 2. The number of carbonyl (C=O) groups is 1. The third-order valence-electron chi connectivity index (χ3n) is 6.58. The molecule has 9 nitrogen and oxygen atoms in total. The largest absolute Gasteiger partial charge is 0.377 e. The van der Waals surface area contributed by atoms with E-state index in [0.717, 1.165) is 5.56 Å². The molecule has 0 radical (unpaired) electrons. The van der Waals surface area contributed by atoms with Gasteiger partial charge in [0, 0.05) is 24.6 Å². The molecule has 35 heavy (non-hydrogen) atoms. The smallest absolute Gasteiger partial charge is 0.336 e. The number of carbonyl (C=O) groups excluding carboxylic acids is 1. The Kier molecular flexibility index (Phi) is 8.05. The molecule has 1 aliphatic carbocycles. The first-order valence-corrected chi connectivity index (χ1v) is 13.4. The maximum atomic E-state index is 13.4. The zero-order valence-corrected chi connectivity index (χ0v) is 21.0. The number of hydrogen-bond donors (Lipinski definition) is 1. The van der Waals surface area contributed by atoms with Crippen LogP contribution in [0.5, 0.6) is 0 Å². The van der Waals surface area contributed by atoms with E-state index in [1.54, 1.807) is 0 Å². The highest BCUT2D eigenvalue weighted by molar-refractivity contribution is 7.89. The van der Waals surface area contributed by atoms with E-state index < -0.39 is 10.0 Å². The third kappa shape index (κ3) is 5.83. The van der Waals surface area contributed by atoms with E-state index in [-0.39, 0.29) is 44.4 Å². The number of sulfonamides is 1. The number of hydrogen-bond acceptors (Lipinski definition) is 6. The zero-order chi connectivity index (χ0) is 25.0. The number of amides is 1. The van der Waals surface area contributed by atoms with Crippen LogP contribution >= 0.6 is 11.6 Å². The molecular weight excluding hydrogens is 494 g/mol. The summed E-state index contributed by atoms with van der Waals surface area (Å²) in [5.74, 6) is -0.0566. The van der Waals surface area contributed by atoms with Crippen molar-refractivity contribution in [3.63, 3.8) is 0 Å². The molecule has 11 heteroatoms. The van der Waals surface area contributed by atoms with Crippen LogP contribution in [0.2, 0.25) is 5.02 Å². The summed E-state index contributed by atoms with van der Waals surface area (Å²) in [6.45, 7) is 1.52. The summed E-state index contributed by atoms with van der Waals surface area (Å²) in [4.78, 5) is 31.8. The van der Waals surface area contributed by atoms with Crippen molar-refractivity contribution in [1.29, 1.82) is 0 Å². The second kappa shape index (κ2) is 11.0. The first-order valence-electron chi connectivity index (χ1n) is 11.6. The maximum Gasteiger partial charge on any atom is 0.336 e. The van der Waals surface area contributed by atoms with Crippen molar-refractivity contribution >= 4 is 33.2 Å². The minimum atomic E-state index is -3.89. The molecule has 2 aliphatic rings. The molecule has 188 valence electrons. The molecule has 1 saturated carbocycles. The number of rotatable bonds is 7. The number of benzene rings is 2. The number of morpholine rings is 1. The fraction of sp³-hybridized carbons (Fsp3) is 0.458. The predicted molar refractivity (Wildman–Crippen MR) is 130 cm³/mol. The minimum absolute atomic E-state index is 0.0768. The van der Waals surface area contributed by atoms with Gasteiger partial charge >= 0.3 is 5.69 Å². The molecule has 1 unspecified atom stereocenters. The Hall–Kier alpha value is -2.53. The van der Waals surface area contributed by atoms with Gasteiger partial charge in [0.1, 0.15) is 5.02 Å². The van der Waals surface area contributed by atoms with Crippen LogP contribution < -0.4 is 4.72 Å². The van der Waals surface area contributed by atoms with E-state index in [2.05, 4.69) is 9.56 Å². The van der Waals surface area contributed by atoms with E-state index >= 15 is 0 Å².